The number of carbonyl (C=O) groups excluding carboxylic acids is 1. The average molecular weight is 429 g/mol. The molecule has 2 aromatic heterocycles. The van der Waals surface area contributed by atoms with Crippen molar-refractivity contribution in [3.05, 3.63) is 71.7 Å². The lowest BCUT2D eigenvalue weighted by Crippen LogP contribution is -2.23. The van der Waals surface area contributed by atoms with Crippen LogP contribution < -0.4 is 20.9 Å². The highest BCUT2D eigenvalue weighted by molar-refractivity contribution is 6.04. The van der Waals surface area contributed by atoms with Crippen LogP contribution >= 0.6 is 0 Å². The topological polar surface area (TPSA) is 115 Å². The zero-order chi connectivity index (χ0) is 22.5. The first-order chi connectivity index (χ1) is 15.6. The van der Waals surface area contributed by atoms with E-state index in [1.807, 2.05) is 36.2 Å². The summed E-state index contributed by atoms with van der Waals surface area (Å²) in [5.41, 5.74) is 4.18. The summed E-state index contributed by atoms with van der Waals surface area (Å²) in [5.74, 6) is 0.536. The molecular weight excluding hydrogens is 406 g/mol. The minimum atomic E-state index is -0.236. The number of amides is 1. The molecule has 0 saturated heterocycles. The molecule has 0 aliphatic carbocycles. The number of hydrogen-bond acceptors (Lipinski definition) is 8. The van der Waals surface area contributed by atoms with Gasteiger partial charge in [-0.05, 0) is 42.5 Å². The number of benzene rings is 1. The van der Waals surface area contributed by atoms with Gasteiger partial charge in [0.2, 0.25) is 0 Å². The Balaban J connectivity index is 1.40. The fourth-order valence-electron chi connectivity index (χ4n) is 3.30. The molecule has 0 bridgehead atoms. The van der Waals surface area contributed by atoms with Crippen LogP contribution in [0.15, 0.2) is 54.9 Å². The second-order valence-electron chi connectivity index (χ2n) is 7.34. The highest BCUT2D eigenvalue weighted by Crippen LogP contribution is 2.36. The zero-order valence-electron chi connectivity index (χ0n) is 17.8. The molecule has 3 heterocycles. The van der Waals surface area contributed by atoms with Crippen LogP contribution in [0.5, 0.6) is 0 Å². The van der Waals surface area contributed by atoms with Crippen molar-refractivity contribution in [2.75, 3.05) is 48.2 Å². The van der Waals surface area contributed by atoms with Crippen molar-refractivity contribution in [2.45, 2.75) is 6.17 Å². The number of carbonyl (C=O) groups is 1. The Morgan fingerprint density at radius 2 is 2.00 bits per heavy atom. The van der Waals surface area contributed by atoms with Gasteiger partial charge in [-0.15, -0.1) is 0 Å². The Morgan fingerprint density at radius 3 is 2.69 bits per heavy atom. The second kappa shape index (κ2) is 9.32. The Bertz CT molecular complexity index is 1140. The molecular formula is C23H23N7O2. The van der Waals surface area contributed by atoms with E-state index in [9.17, 15) is 4.79 Å². The Hall–Kier alpha value is -4.16. The van der Waals surface area contributed by atoms with Crippen molar-refractivity contribution in [1.82, 2.24) is 9.97 Å². The van der Waals surface area contributed by atoms with Crippen molar-refractivity contribution in [3.8, 4) is 6.07 Å². The van der Waals surface area contributed by atoms with E-state index in [0.29, 0.717) is 30.0 Å². The predicted molar refractivity (Wildman–Crippen MR) is 123 cm³/mol. The molecule has 3 aromatic rings. The summed E-state index contributed by atoms with van der Waals surface area (Å²) in [6.45, 7) is 1.31. The number of methoxy groups -OCH3 is 1. The molecule has 1 amide bonds. The predicted octanol–water partition coefficient (Wildman–Crippen LogP) is 3.22. The summed E-state index contributed by atoms with van der Waals surface area (Å²) in [5, 5.41) is 18.5. The molecule has 1 aliphatic rings. The van der Waals surface area contributed by atoms with Crippen LogP contribution in [0.2, 0.25) is 0 Å². The van der Waals surface area contributed by atoms with Crippen molar-refractivity contribution < 1.29 is 9.53 Å². The maximum Gasteiger partial charge on any atom is 0.257 e. The van der Waals surface area contributed by atoms with Gasteiger partial charge in [0, 0.05) is 38.8 Å². The monoisotopic (exact) mass is 429 g/mol. The van der Waals surface area contributed by atoms with Crippen molar-refractivity contribution >= 4 is 28.8 Å². The van der Waals surface area contributed by atoms with Crippen LogP contribution in [0.1, 0.15) is 27.8 Å². The summed E-state index contributed by atoms with van der Waals surface area (Å²) in [6, 6.07) is 14.8. The number of nitriles is 1. The van der Waals surface area contributed by atoms with Crippen LogP contribution in [-0.4, -0.2) is 43.2 Å². The minimum absolute atomic E-state index is 0.212. The van der Waals surface area contributed by atoms with Gasteiger partial charge in [-0.1, -0.05) is 0 Å². The first-order valence-corrected chi connectivity index (χ1v) is 10.1. The van der Waals surface area contributed by atoms with Crippen LogP contribution in [0.4, 0.5) is 22.9 Å². The van der Waals surface area contributed by atoms with E-state index in [-0.39, 0.29) is 12.1 Å². The van der Waals surface area contributed by atoms with E-state index in [1.54, 1.807) is 37.7 Å². The zero-order valence-corrected chi connectivity index (χ0v) is 17.8. The van der Waals surface area contributed by atoms with Crippen LogP contribution in [0.3, 0.4) is 0 Å². The normalized spacial score (nSPS) is 14.0. The van der Waals surface area contributed by atoms with Crippen molar-refractivity contribution in [3.63, 3.8) is 0 Å². The SMILES string of the molecule is COCCN(C)c1ccc(C(=O)Nc2ccc3c(c2)NC(c2ccc(C#N)cn2)N3)cn1. The van der Waals surface area contributed by atoms with Gasteiger partial charge in [-0.25, -0.2) is 4.98 Å². The van der Waals surface area contributed by atoms with Gasteiger partial charge >= 0.3 is 0 Å². The fraction of sp³-hybridized carbons (Fsp3) is 0.217. The summed E-state index contributed by atoms with van der Waals surface area (Å²) in [6.07, 6.45) is 2.89. The number of fused-ring (bicyclic) bond motifs is 1. The lowest BCUT2D eigenvalue weighted by atomic mass is 10.2. The molecule has 3 N–H and O–H groups in total. The molecule has 4 rings (SSSR count). The quantitative estimate of drug-likeness (QED) is 0.524. The molecule has 1 unspecified atom stereocenters. The molecule has 9 heteroatoms. The van der Waals surface area contributed by atoms with E-state index in [4.69, 9.17) is 10.00 Å². The number of rotatable bonds is 7. The fourth-order valence-corrected chi connectivity index (χ4v) is 3.30. The van der Waals surface area contributed by atoms with Gasteiger partial charge in [0.05, 0.1) is 34.8 Å². The number of pyridine rings is 2. The van der Waals surface area contributed by atoms with E-state index in [1.165, 1.54) is 0 Å². The van der Waals surface area contributed by atoms with Gasteiger partial charge in [-0.3, -0.25) is 9.78 Å². The smallest absolute Gasteiger partial charge is 0.257 e. The molecule has 0 fully saturated rings. The average Bonchev–Trinajstić information content (AvgIpc) is 3.26. The second-order valence-corrected chi connectivity index (χ2v) is 7.34. The summed E-state index contributed by atoms with van der Waals surface area (Å²) in [7, 11) is 3.58. The van der Waals surface area contributed by atoms with Gasteiger partial charge in [-0.2, -0.15) is 5.26 Å². The first kappa shape index (κ1) is 21.1. The third-order valence-electron chi connectivity index (χ3n) is 5.12. The molecule has 1 aromatic carbocycles. The molecule has 1 atom stereocenters. The highest BCUT2D eigenvalue weighted by Gasteiger charge is 2.22. The van der Waals surface area contributed by atoms with Gasteiger partial charge < -0.3 is 25.6 Å². The van der Waals surface area contributed by atoms with Gasteiger partial charge in [0.15, 0.2) is 0 Å². The van der Waals surface area contributed by atoms with E-state index >= 15 is 0 Å². The molecule has 9 nitrogen and oxygen atoms in total. The highest BCUT2D eigenvalue weighted by atomic mass is 16.5. The number of hydrogen-bond donors (Lipinski definition) is 3. The summed E-state index contributed by atoms with van der Waals surface area (Å²) >= 11 is 0. The van der Waals surface area contributed by atoms with Crippen LogP contribution in [0.25, 0.3) is 0 Å². The number of ether oxygens (including phenoxy) is 1. The molecule has 0 spiro atoms. The van der Waals surface area contributed by atoms with Gasteiger partial charge in [0.25, 0.3) is 5.91 Å². The molecule has 162 valence electrons. The summed E-state index contributed by atoms with van der Waals surface area (Å²) < 4.78 is 5.08. The van der Waals surface area contributed by atoms with E-state index < -0.39 is 0 Å². The number of nitrogens with one attached hydrogen (secondary N) is 3. The number of anilines is 4. The lowest BCUT2D eigenvalue weighted by Gasteiger charge is -2.17. The number of aromatic nitrogens is 2. The third-order valence-corrected chi connectivity index (χ3v) is 5.12. The number of nitrogens with zero attached hydrogens (tertiary/aromatic N) is 4. The van der Waals surface area contributed by atoms with Crippen molar-refractivity contribution in [2.24, 2.45) is 0 Å². The van der Waals surface area contributed by atoms with Crippen LogP contribution in [-0.2, 0) is 4.74 Å². The minimum Gasteiger partial charge on any atom is -0.383 e. The molecule has 0 radical (unpaired) electrons. The standard InChI is InChI=1S/C23H23N7O2/c1-30(9-10-32-2)21-8-4-16(14-26-21)23(31)27-17-5-7-18-20(11-17)29-22(28-18)19-6-3-15(12-24)13-25-19/h3-8,11,13-14,22,28-29H,9-10H2,1-2H3,(H,27,31). The molecule has 1 aliphatic heterocycles. The number of likely N-dealkylation sites (N-methyl/N-ethyl adjacent to an activating group) is 1. The third kappa shape index (κ3) is 4.61. The molecule has 32 heavy (non-hydrogen) atoms. The Labute approximate surface area is 186 Å². The first-order valence-electron chi connectivity index (χ1n) is 10.1. The largest absolute Gasteiger partial charge is 0.383 e. The summed E-state index contributed by atoms with van der Waals surface area (Å²) in [4.78, 5) is 23.3. The maximum absolute atomic E-state index is 12.7. The van der Waals surface area contributed by atoms with E-state index in [0.717, 1.165) is 22.9 Å². The Kier molecular flexibility index (Phi) is 6.14. The molecule has 0 saturated carbocycles. The Morgan fingerprint density at radius 1 is 1.16 bits per heavy atom. The maximum atomic E-state index is 12.7. The van der Waals surface area contributed by atoms with Crippen molar-refractivity contribution in [1.29, 1.82) is 5.26 Å². The lowest BCUT2D eigenvalue weighted by molar-refractivity contribution is 0.102. The van der Waals surface area contributed by atoms with E-state index in [2.05, 4.69) is 32.0 Å². The van der Waals surface area contributed by atoms with Gasteiger partial charge in [0.1, 0.15) is 18.1 Å². The van der Waals surface area contributed by atoms with Crippen LogP contribution in [0, 0.1) is 11.3 Å².